The number of alkyl halides is 1. The minimum Gasteiger partial charge on any atom is -0.491 e. The average Bonchev–Trinajstić information content (AvgIpc) is 2.19. The zero-order chi connectivity index (χ0) is 10.4. The quantitative estimate of drug-likeness (QED) is 0.677. The van der Waals surface area contributed by atoms with Gasteiger partial charge in [-0.05, 0) is 24.6 Å². The number of benzene rings is 1. The maximum absolute atomic E-state index is 12.8. The Kier molecular flexibility index (Phi) is 4.40. The van der Waals surface area contributed by atoms with Crippen molar-refractivity contribution in [2.45, 2.75) is 13.1 Å². The molecule has 1 atom stereocenters. The zero-order valence-corrected chi connectivity index (χ0v) is 8.50. The van der Waals surface area contributed by atoms with E-state index in [0.717, 1.165) is 5.75 Å². The molecule has 0 aliphatic rings. The lowest BCUT2D eigenvalue weighted by atomic mass is 10.1. The first kappa shape index (κ1) is 11.0. The molecule has 3 heteroatoms. The molecule has 14 heavy (non-hydrogen) atoms. The van der Waals surface area contributed by atoms with Crippen LogP contribution < -0.4 is 4.74 Å². The van der Waals surface area contributed by atoms with Gasteiger partial charge in [-0.25, -0.2) is 4.39 Å². The van der Waals surface area contributed by atoms with Gasteiger partial charge < -0.3 is 9.47 Å². The van der Waals surface area contributed by atoms with Crippen LogP contribution in [0, 0.1) is 0 Å². The van der Waals surface area contributed by atoms with Crippen LogP contribution in [0.1, 0.15) is 18.7 Å². The molecular formula is C11H15FO2. The van der Waals surface area contributed by atoms with E-state index in [1.54, 1.807) is 31.4 Å². The SMILES string of the molecule is COCCOc1ccc(C(C)F)cc1. The molecule has 0 aliphatic heterocycles. The largest absolute Gasteiger partial charge is 0.491 e. The zero-order valence-electron chi connectivity index (χ0n) is 8.50. The highest BCUT2D eigenvalue weighted by Crippen LogP contribution is 2.19. The van der Waals surface area contributed by atoms with E-state index in [-0.39, 0.29) is 0 Å². The van der Waals surface area contributed by atoms with Crippen LogP contribution in [-0.2, 0) is 4.74 Å². The third-order valence-corrected chi connectivity index (χ3v) is 1.90. The van der Waals surface area contributed by atoms with E-state index >= 15 is 0 Å². The van der Waals surface area contributed by atoms with Crippen molar-refractivity contribution < 1.29 is 13.9 Å². The smallest absolute Gasteiger partial charge is 0.122 e. The van der Waals surface area contributed by atoms with E-state index in [4.69, 9.17) is 9.47 Å². The lowest BCUT2D eigenvalue weighted by Gasteiger charge is -2.06. The predicted octanol–water partition coefficient (Wildman–Crippen LogP) is 2.74. The molecule has 1 aromatic rings. The van der Waals surface area contributed by atoms with Crippen molar-refractivity contribution in [3.05, 3.63) is 29.8 Å². The molecular weight excluding hydrogens is 183 g/mol. The van der Waals surface area contributed by atoms with E-state index in [2.05, 4.69) is 0 Å². The normalized spacial score (nSPS) is 12.5. The van der Waals surface area contributed by atoms with Crippen LogP contribution in [0.2, 0.25) is 0 Å². The van der Waals surface area contributed by atoms with Crippen molar-refractivity contribution in [3.63, 3.8) is 0 Å². The van der Waals surface area contributed by atoms with Crippen molar-refractivity contribution in [3.8, 4) is 5.75 Å². The third-order valence-electron chi connectivity index (χ3n) is 1.90. The Labute approximate surface area is 83.6 Å². The second kappa shape index (κ2) is 5.60. The summed E-state index contributed by atoms with van der Waals surface area (Å²) in [6.45, 7) is 2.59. The molecule has 0 amide bonds. The van der Waals surface area contributed by atoms with Gasteiger partial charge in [-0.2, -0.15) is 0 Å². The van der Waals surface area contributed by atoms with Crippen LogP contribution in [0.4, 0.5) is 4.39 Å². The van der Waals surface area contributed by atoms with Crippen LogP contribution in [0.3, 0.4) is 0 Å². The number of ether oxygens (including phenoxy) is 2. The molecule has 0 aliphatic carbocycles. The van der Waals surface area contributed by atoms with E-state index in [1.807, 2.05) is 0 Å². The Morgan fingerprint density at radius 3 is 2.36 bits per heavy atom. The summed E-state index contributed by atoms with van der Waals surface area (Å²) in [5.74, 6) is 0.742. The Bertz CT molecular complexity index is 256. The van der Waals surface area contributed by atoms with Gasteiger partial charge >= 0.3 is 0 Å². The second-order valence-corrected chi connectivity index (χ2v) is 3.03. The minimum atomic E-state index is -0.928. The maximum atomic E-state index is 12.8. The fourth-order valence-corrected chi connectivity index (χ4v) is 1.07. The summed E-state index contributed by atoms with van der Waals surface area (Å²) in [6, 6.07) is 6.99. The van der Waals surface area contributed by atoms with Crippen molar-refractivity contribution >= 4 is 0 Å². The molecule has 1 unspecified atom stereocenters. The Morgan fingerprint density at radius 2 is 1.86 bits per heavy atom. The molecule has 0 aromatic heterocycles. The van der Waals surface area contributed by atoms with Crippen molar-refractivity contribution in [2.24, 2.45) is 0 Å². The highest BCUT2D eigenvalue weighted by atomic mass is 19.1. The van der Waals surface area contributed by atoms with Crippen LogP contribution in [-0.4, -0.2) is 20.3 Å². The highest BCUT2D eigenvalue weighted by molar-refractivity contribution is 5.28. The molecule has 1 aromatic carbocycles. The van der Waals surface area contributed by atoms with Crippen LogP contribution in [0.25, 0.3) is 0 Å². The first-order chi connectivity index (χ1) is 6.74. The summed E-state index contributed by atoms with van der Waals surface area (Å²) < 4.78 is 23.0. The summed E-state index contributed by atoms with van der Waals surface area (Å²) in [6.07, 6.45) is -0.928. The van der Waals surface area contributed by atoms with Gasteiger partial charge in [0.25, 0.3) is 0 Å². The molecule has 2 nitrogen and oxygen atoms in total. The van der Waals surface area contributed by atoms with Crippen LogP contribution >= 0.6 is 0 Å². The van der Waals surface area contributed by atoms with E-state index in [1.165, 1.54) is 6.92 Å². The molecule has 78 valence electrons. The molecule has 0 bridgehead atoms. The number of rotatable bonds is 5. The predicted molar refractivity (Wildman–Crippen MR) is 53.3 cm³/mol. The van der Waals surface area contributed by atoms with E-state index in [0.29, 0.717) is 18.8 Å². The average molecular weight is 198 g/mol. The first-order valence-electron chi connectivity index (χ1n) is 4.60. The molecule has 0 spiro atoms. The molecule has 0 fully saturated rings. The van der Waals surface area contributed by atoms with Gasteiger partial charge in [0.15, 0.2) is 0 Å². The summed E-state index contributed by atoms with van der Waals surface area (Å²) in [5, 5.41) is 0. The summed E-state index contributed by atoms with van der Waals surface area (Å²) in [7, 11) is 1.62. The van der Waals surface area contributed by atoms with E-state index < -0.39 is 6.17 Å². The topological polar surface area (TPSA) is 18.5 Å². The van der Waals surface area contributed by atoms with Crippen molar-refractivity contribution in [1.82, 2.24) is 0 Å². The standard InChI is InChI=1S/C11H15FO2/c1-9(12)10-3-5-11(6-4-10)14-8-7-13-2/h3-6,9H,7-8H2,1-2H3. The lowest BCUT2D eigenvalue weighted by Crippen LogP contribution is -2.04. The van der Waals surface area contributed by atoms with Gasteiger partial charge in [0, 0.05) is 7.11 Å². The first-order valence-corrected chi connectivity index (χ1v) is 4.60. The van der Waals surface area contributed by atoms with Gasteiger partial charge in [0.1, 0.15) is 18.5 Å². The van der Waals surface area contributed by atoms with Gasteiger partial charge in [-0.3, -0.25) is 0 Å². The fraction of sp³-hybridized carbons (Fsp3) is 0.455. The molecule has 1 rings (SSSR count). The van der Waals surface area contributed by atoms with Crippen molar-refractivity contribution in [1.29, 1.82) is 0 Å². The van der Waals surface area contributed by atoms with Crippen LogP contribution in [0.15, 0.2) is 24.3 Å². The van der Waals surface area contributed by atoms with Crippen LogP contribution in [0.5, 0.6) is 5.75 Å². The molecule has 0 saturated carbocycles. The van der Waals surface area contributed by atoms with Gasteiger partial charge in [-0.1, -0.05) is 12.1 Å². The molecule has 0 N–H and O–H groups in total. The maximum Gasteiger partial charge on any atom is 0.122 e. The molecule has 0 heterocycles. The second-order valence-electron chi connectivity index (χ2n) is 3.03. The van der Waals surface area contributed by atoms with Gasteiger partial charge in [-0.15, -0.1) is 0 Å². The van der Waals surface area contributed by atoms with Crippen molar-refractivity contribution in [2.75, 3.05) is 20.3 Å². The monoisotopic (exact) mass is 198 g/mol. The summed E-state index contributed by atoms with van der Waals surface area (Å²) in [4.78, 5) is 0. The number of hydrogen-bond donors (Lipinski definition) is 0. The molecule has 0 saturated heterocycles. The Morgan fingerprint density at radius 1 is 1.21 bits per heavy atom. The third kappa shape index (κ3) is 3.34. The highest BCUT2D eigenvalue weighted by Gasteiger charge is 2.01. The van der Waals surface area contributed by atoms with Gasteiger partial charge in [0.05, 0.1) is 6.61 Å². The Hall–Kier alpha value is -1.09. The lowest BCUT2D eigenvalue weighted by molar-refractivity contribution is 0.146. The minimum absolute atomic E-state index is 0.515. The number of hydrogen-bond acceptors (Lipinski definition) is 2. The number of halogens is 1. The van der Waals surface area contributed by atoms with Gasteiger partial charge in [0.2, 0.25) is 0 Å². The Balaban J connectivity index is 2.47. The molecule has 0 radical (unpaired) electrons. The summed E-state index contributed by atoms with van der Waals surface area (Å²) >= 11 is 0. The fourth-order valence-electron chi connectivity index (χ4n) is 1.07. The summed E-state index contributed by atoms with van der Waals surface area (Å²) in [5.41, 5.74) is 0.670. The number of methoxy groups -OCH3 is 1. The van der Waals surface area contributed by atoms with E-state index in [9.17, 15) is 4.39 Å².